The third kappa shape index (κ3) is 3.06. The Balaban J connectivity index is 1.68. The number of imide groups is 1. The van der Waals surface area contributed by atoms with E-state index in [0.29, 0.717) is 21.9 Å². The molecule has 0 atom stereocenters. The van der Waals surface area contributed by atoms with Gasteiger partial charge in [0.15, 0.2) is 5.78 Å². The summed E-state index contributed by atoms with van der Waals surface area (Å²) in [4.78, 5) is 52.1. The van der Waals surface area contributed by atoms with Crippen LogP contribution in [-0.2, 0) is 0 Å². The van der Waals surface area contributed by atoms with Crippen molar-refractivity contribution in [2.24, 2.45) is 0 Å². The molecule has 7 nitrogen and oxygen atoms in total. The molecular weight excluding hydrogens is 422 g/mol. The van der Waals surface area contributed by atoms with Crippen LogP contribution < -0.4 is 4.90 Å². The number of carbonyl (C=O) groups is 4. The summed E-state index contributed by atoms with van der Waals surface area (Å²) in [7, 11) is 0. The highest BCUT2D eigenvalue weighted by Crippen LogP contribution is 2.36. The highest BCUT2D eigenvalue weighted by Gasteiger charge is 2.35. The Morgan fingerprint density at radius 2 is 1.42 bits per heavy atom. The van der Waals surface area contributed by atoms with Crippen LogP contribution in [0, 0.1) is 0 Å². The highest BCUT2D eigenvalue weighted by molar-refractivity contribution is 6.37. The van der Waals surface area contributed by atoms with E-state index in [4.69, 9.17) is 0 Å². The fraction of sp³-hybridized carbons (Fsp3) is 0. The van der Waals surface area contributed by atoms with Crippen LogP contribution in [0.4, 0.5) is 5.69 Å². The number of amides is 2. The Morgan fingerprint density at radius 3 is 2.12 bits per heavy atom. The minimum atomic E-state index is -1.39. The summed E-state index contributed by atoms with van der Waals surface area (Å²) in [6.45, 7) is 0. The number of ketones is 1. The Hall–Kier alpha value is -4.78. The highest BCUT2D eigenvalue weighted by atomic mass is 16.4. The van der Waals surface area contributed by atoms with E-state index in [0.717, 1.165) is 17.0 Å². The van der Waals surface area contributed by atoms with Crippen LogP contribution in [0.15, 0.2) is 78.9 Å². The first kappa shape index (κ1) is 20.1. The molecule has 0 fully saturated rings. The molecule has 1 aliphatic rings. The van der Waals surface area contributed by atoms with Gasteiger partial charge < -0.3 is 10.2 Å². The first-order valence-corrected chi connectivity index (χ1v) is 9.99. The van der Waals surface area contributed by atoms with Crippen LogP contribution in [0.5, 0.6) is 5.75 Å². The molecule has 1 aliphatic heterocycles. The van der Waals surface area contributed by atoms with Gasteiger partial charge in [-0.25, -0.2) is 9.69 Å². The third-order valence-electron chi connectivity index (χ3n) is 5.66. The van der Waals surface area contributed by atoms with Gasteiger partial charge in [-0.05, 0) is 41.8 Å². The van der Waals surface area contributed by atoms with Crippen molar-refractivity contribution < 1.29 is 29.4 Å². The topological polar surface area (TPSA) is 112 Å². The van der Waals surface area contributed by atoms with E-state index in [9.17, 15) is 29.4 Å². The lowest BCUT2D eigenvalue weighted by Crippen LogP contribution is -2.40. The van der Waals surface area contributed by atoms with Crippen molar-refractivity contribution in [2.45, 2.75) is 0 Å². The van der Waals surface area contributed by atoms with E-state index in [1.165, 1.54) is 12.1 Å². The largest absolute Gasteiger partial charge is 0.507 e. The van der Waals surface area contributed by atoms with E-state index in [1.54, 1.807) is 54.6 Å². The average molecular weight is 437 g/mol. The van der Waals surface area contributed by atoms with E-state index >= 15 is 0 Å². The number of rotatable bonds is 4. The fourth-order valence-electron chi connectivity index (χ4n) is 4.11. The maximum Gasteiger partial charge on any atom is 0.339 e. The molecule has 0 saturated heterocycles. The predicted octanol–water partition coefficient (Wildman–Crippen LogP) is 4.28. The van der Waals surface area contributed by atoms with Gasteiger partial charge in [-0.3, -0.25) is 14.4 Å². The summed E-state index contributed by atoms with van der Waals surface area (Å²) in [5.74, 6) is -3.40. The molecule has 5 rings (SSSR count). The maximum atomic E-state index is 13.3. The number of anilines is 1. The number of hydrogen-bond donors (Lipinski definition) is 2. The molecule has 1 heterocycles. The van der Waals surface area contributed by atoms with Crippen LogP contribution >= 0.6 is 0 Å². The van der Waals surface area contributed by atoms with Gasteiger partial charge in [0.2, 0.25) is 0 Å². The molecule has 7 heteroatoms. The number of benzene rings is 4. The van der Waals surface area contributed by atoms with Crippen molar-refractivity contribution in [1.82, 2.24) is 0 Å². The Morgan fingerprint density at radius 1 is 0.727 bits per heavy atom. The quantitative estimate of drug-likeness (QED) is 0.364. The van der Waals surface area contributed by atoms with Gasteiger partial charge in [0.1, 0.15) is 11.3 Å². The van der Waals surface area contributed by atoms with Gasteiger partial charge in [-0.15, -0.1) is 0 Å². The van der Waals surface area contributed by atoms with Crippen molar-refractivity contribution in [1.29, 1.82) is 0 Å². The zero-order chi connectivity index (χ0) is 23.3. The standard InChI is InChI=1S/C26H15NO6/c28-21-12-9-15(13-20(21)26(32)33)27-24(30)18-8-4-7-16-17(10-11-19(22(16)18)25(27)31)23(29)14-5-2-1-3-6-14/h1-13,28H,(H,32,33). The van der Waals surface area contributed by atoms with Crippen LogP contribution in [0.3, 0.4) is 0 Å². The summed E-state index contributed by atoms with van der Waals surface area (Å²) in [6, 6.07) is 20.2. The normalized spacial score (nSPS) is 12.8. The minimum Gasteiger partial charge on any atom is -0.507 e. The molecule has 0 aliphatic carbocycles. The molecule has 4 aromatic rings. The summed E-state index contributed by atoms with van der Waals surface area (Å²) >= 11 is 0. The number of phenols is 1. The molecule has 160 valence electrons. The Bertz CT molecular complexity index is 1480. The molecule has 2 N–H and O–H groups in total. The monoisotopic (exact) mass is 437 g/mol. The number of carbonyl (C=O) groups excluding carboxylic acids is 3. The lowest BCUT2D eigenvalue weighted by molar-refractivity contribution is 0.0692. The smallest absolute Gasteiger partial charge is 0.339 e. The van der Waals surface area contributed by atoms with E-state index in [2.05, 4.69) is 0 Å². The van der Waals surface area contributed by atoms with Gasteiger partial charge in [0, 0.05) is 27.6 Å². The van der Waals surface area contributed by atoms with E-state index in [-0.39, 0.29) is 22.6 Å². The molecule has 2 amide bonds. The van der Waals surface area contributed by atoms with Crippen molar-refractivity contribution in [3.8, 4) is 5.75 Å². The second-order valence-electron chi connectivity index (χ2n) is 7.54. The molecular formula is C26H15NO6. The van der Waals surface area contributed by atoms with E-state index < -0.39 is 29.1 Å². The van der Waals surface area contributed by atoms with Gasteiger partial charge >= 0.3 is 5.97 Å². The lowest BCUT2D eigenvalue weighted by atomic mass is 9.88. The lowest BCUT2D eigenvalue weighted by Gasteiger charge is -2.28. The second-order valence-corrected chi connectivity index (χ2v) is 7.54. The molecule has 0 aromatic heterocycles. The predicted molar refractivity (Wildman–Crippen MR) is 120 cm³/mol. The van der Waals surface area contributed by atoms with Gasteiger partial charge in [0.25, 0.3) is 11.8 Å². The van der Waals surface area contributed by atoms with Gasteiger partial charge in [0.05, 0.1) is 5.69 Å². The molecule has 0 bridgehead atoms. The number of aromatic carboxylic acids is 1. The molecule has 0 radical (unpaired) electrons. The fourth-order valence-corrected chi connectivity index (χ4v) is 4.11. The molecule has 33 heavy (non-hydrogen) atoms. The summed E-state index contributed by atoms with van der Waals surface area (Å²) < 4.78 is 0. The number of nitrogens with zero attached hydrogens (tertiary/aromatic N) is 1. The summed E-state index contributed by atoms with van der Waals surface area (Å²) in [5.41, 5.74) is 0.880. The first-order chi connectivity index (χ1) is 15.9. The minimum absolute atomic E-state index is 0.0206. The van der Waals surface area contributed by atoms with Crippen LogP contribution in [0.2, 0.25) is 0 Å². The molecule has 0 unspecified atom stereocenters. The molecule has 4 aromatic carbocycles. The SMILES string of the molecule is O=C(O)c1cc(N2C(=O)c3cccc4c(C(=O)c5ccccc5)ccc(c34)C2=O)ccc1O. The number of carboxylic acid groups (broad SMARTS) is 1. The first-order valence-electron chi connectivity index (χ1n) is 9.99. The second kappa shape index (κ2) is 7.42. The number of aromatic hydroxyl groups is 1. The zero-order valence-corrected chi connectivity index (χ0v) is 17.0. The summed E-state index contributed by atoms with van der Waals surface area (Å²) in [5, 5.41) is 20.0. The van der Waals surface area contributed by atoms with Crippen LogP contribution in [-0.4, -0.2) is 33.8 Å². The van der Waals surface area contributed by atoms with Crippen LogP contribution in [0.1, 0.15) is 47.0 Å². The molecule has 0 spiro atoms. The van der Waals surface area contributed by atoms with Crippen molar-refractivity contribution in [2.75, 3.05) is 4.90 Å². The van der Waals surface area contributed by atoms with Crippen molar-refractivity contribution in [3.05, 3.63) is 107 Å². The Kier molecular flexibility index (Phi) is 4.53. The summed E-state index contributed by atoms with van der Waals surface area (Å²) in [6.07, 6.45) is 0. The van der Waals surface area contributed by atoms with Crippen molar-refractivity contribution >= 4 is 40.0 Å². The van der Waals surface area contributed by atoms with Crippen LogP contribution in [0.25, 0.3) is 10.8 Å². The van der Waals surface area contributed by atoms with Crippen molar-refractivity contribution in [3.63, 3.8) is 0 Å². The Labute approximate surface area is 187 Å². The van der Waals surface area contributed by atoms with Gasteiger partial charge in [-0.2, -0.15) is 0 Å². The number of carboxylic acids is 1. The van der Waals surface area contributed by atoms with Gasteiger partial charge in [-0.1, -0.05) is 42.5 Å². The zero-order valence-electron chi connectivity index (χ0n) is 17.0. The average Bonchev–Trinajstić information content (AvgIpc) is 2.83. The number of hydrogen-bond acceptors (Lipinski definition) is 5. The maximum absolute atomic E-state index is 13.3. The molecule has 0 saturated carbocycles. The van der Waals surface area contributed by atoms with E-state index in [1.807, 2.05) is 0 Å². The third-order valence-corrected chi connectivity index (χ3v) is 5.66.